The second kappa shape index (κ2) is 9.18. The fourth-order valence-electron chi connectivity index (χ4n) is 4.45. The fourth-order valence-corrected chi connectivity index (χ4v) is 4.45. The molecule has 0 radical (unpaired) electrons. The second-order valence-electron chi connectivity index (χ2n) is 9.25. The predicted octanol–water partition coefficient (Wildman–Crippen LogP) is 5.15. The van der Waals surface area contributed by atoms with Crippen molar-refractivity contribution in [2.24, 2.45) is 0 Å². The van der Waals surface area contributed by atoms with Crippen LogP contribution in [0.4, 0.5) is 5.69 Å². The van der Waals surface area contributed by atoms with Crippen molar-refractivity contribution in [2.45, 2.75) is 46.5 Å². The summed E-state index contributed by atoms with van der Waals surface area (Å²) in [4.78, 5) is 25.8. The molecular formula is C29H29NO4. The number of carbonyl (C=O) groups excluding carboxylic acids is 1. The number of rotatable bonds is 5. The molecule has 0 saturated heterocycles. The fraction of sp³-hybridized carbons (Fsp3) is 0.241. The van der Waals surface area contributed by atoms with Crippen molar-refractivity contribution in [1.29, 1.82) is 0 Å². The standard InChI is InChI=1S/C29H29NO4/c1-16(2)21-11-8-12-22(17(3)4)26(21)30-28(31)25-18(5)13-24(29(32)33)27-23(25)14-19-9-6-7-10-20(19)15-34-27/h6-17H,1-5H3,(H,30,31)(H,32,33). The molecule has 2 N–H and O–H groups in total. The van der Waals surface area contributed by atoms with E-state index in [9.17, 15) is 14.7 Å². The molecule has 0 unspecified atom stereocenters. The quantitative estimate of drug-likeness (QED) is 0.558. The van der Waals surface area contributed by atoms with Gasteiger partial charge in [-0.2, -0.15) is 0 Å². The van der Waals surface area contributed by atoms with Crippen LogP contribution in [0.15, 0.2) is 48.5 Å². The molecule has 0 saturated carbocycles. The smallest absolute Gasteiger partial charge is 0.339 e. The number of anilines is 1. The van der Waals surface area contributed by atoms with E-state index < -0.39 is 5.97 Å². The van der Waals surface area contributed by atoms with Gasteiger partial charge in [0.2, 0.25) is 0 Å². The van der Waals surface area contributed by atoms with Gasteiger partial charge in [-0.3, -0.25) is 4.79 Å². The van der Waals surface area contributed by atoms with E-state index >= 15 is 0 Å². The minimum atomic E-state index is -1.11. The van der Waals surface area contributed by atoms with Crippen LogP contribution in [0.3, 0.4) is 0 Å². The van der Waals surface area contributed by atoms with Gasteiger partial charge >= 0.3 is 5.97 Å². The van der Waals surface area contributed by atoms with Gasteiger partial charge in [0.05, 0.1) is 11.8 Å². The first-order valence-electron chi connectivity index (χ1n) is 11.5. The third-order valence-corrected chi connectivity index (χ3v) is 6.18. The van der Waals surface area contributed by atoms with E-state index in [2.05, 4.69) is 33.0 Å². The van der Waals surface area contributed by atoms with Gasteiger partial charge in [0.15, 0.2) is 0 Å². The summed E-state index contributed by atoms with van der Waals surface area (Å²) in [6, 6.07) is 15.2. The van der Waals surface area contributed by atoms with Crippen molar-refractivity contribution in [3.63, 3.8) is 0 Å². The molecule has 0 aliphatic carbocycles. The van der Waals surface area contributed by atoms with Crippen molar-refractivity contribution in [3.8, 4) is 5.75 Å². The van der Waals surface area contributed by atoms with Crippen LogP contribution in [-0.4, -0.2) is 17.0 Å². The van der Waals surface area contributed by atoms with Crippen LogP contribution in [0, 0.1) is 6.92 Å². The predicted molar refractivity (Wildman–Crippen MR) is 135 cm³/mol. The molecule has 4 rings (SSSR count). The molecular weight excluding hydrogens is 426 g/mol. The normalized spacial score (nSPS) is 12.1. The first-order valence-corrected chi connectivity index (χ1v) is 11.5. The molecule has 0 aromatic heterocycles. The van der Waals surface area contributed by atoms with Gasteiger partial charge in [-0.15, -0.1) is 0 Å². The summed E-state index contributed by atoms with van der Waals surface area (Å²) >= 11 is 0. The number of benzene rings is 3. The SMILES string of the molecule is Cc1cc(C(=O)O)c2c(c1C(=O)Nc1c(C(C)C)cccc1C(C)C)C=c1ccccc1=CO2. The maximum absolute atomic E-state index is 13.8. The Labute approximate surface area is 199 Å². The molecule has 3 aromatic rings. The van der Waals surface area contributed by atoms with Gasteiger partial charge < -0.3 is 15.2 Å². The Kier molecular flexibility index (Phi) is 6.29. The first-order chi connectivity index (χ1) is 16.2. The van der Waals surface area contributed by atoms with E-state index in [1.54, 1.807) is 6.92 Å². The number of hydrogen-bond acceptors (Lipinski definition) is 3. The Bertz CT molecular complexity index is 1390. The lowest BCUT2D eigenvalue weighted by Crippen LogP contribution is -2.24. The largest absolute Gasteiger partial charge is 0.478 e. The molecule has 0 bridgehead atoms. The summed E-state index contributed by atoms with van der Waals surface area (Å²) in [5, 5.41) is 14.7. The number of fused-ring (bicyclic) bond motifs is 2. The summed E-state index contributed by atoms with van der Waals surface area (Å²) < 4.78 is 5.87. The Morgan fingerprint density at radius 1 is 0.912 bits per heavy atom. The average molecular weight is 456 g/mol. The highest BCUT2D eigenvalue weighted by atomic mass is 16.5. The monoisotopic (exact) mass is 455 g/mol. The number of para-hydroxylation sites is 1. The highest BCUT2D eigenvalue weighted by molar-refractivity contribution is 6.10. The van der Waals surface area contributed by atoms with Crippen molar-refractivity contribution >= 4 is 29.9 Å². The topological polar surface area (TPSA) is 75.6 Å². The van der Waals surface area contributed by atoms with Crippen molar-refractivity contribution in [2.75, 3.05) is 5.32 Å². The summed E-state index contributed by atoms with van der Waals surface area (Å²) in [7, 11) is 0. The van der Waals surface area contributed by atoms with Crippen molar-refractivity contribution in [1.82, 2.24) is 0 Å². The summed E-state index contributed by atoms with van der Waals surface area (Å²) in [5.74, 6) is -0.789. The van der Waals surface area contributed by atoms with Crippen molar-refractivity contribution in [3.05, 3.63) is 92.3 Å². The van der Waals surface area contributed by atoms with E-state index in [0.29, 0.717) is 16.7 Å². The molecule has 1 aliphatic heterocycles. The lowest BCUT2D eigenvalue weighted by atomic mass is 9.91. The van der Waals surface area contributed by atoms with Crippen LogP contribution >= 0.6 is 0 Å². The van der Waals surface area contributed by atoms with E-state index in [0.717, 1.165) is 27.3 Å². The van der Waals surface area contributed by atoms with Gasteiger partial charge in [-0.25, -0.2) is 4.79 Å². The third-order valence-electron chi connectivity index (χ3n) is 6.18. The average Bonchev–Trinajstić information content (AvgIpc) is 2.97. The van der Waals surface area contributed by atoms with E-state index in [4.69, 9.17) is 4.74 Å². The van der Waals surface area contributed by atoms with Crippen LogP contribution in [0.5, 0.6) is 5.75 Å². The van der Waals surface area contributed by atoms with Gasteiger partial charge in [0.1, 0.15) is 11.3 Å². The summed E-state index contributed by atoms with van der Waals surface area (Å²) in [6.07, 6.45) is 3.37. The molecule has 0 fully saturated rings. The summed E-state index contributed by atoms with van der Waals surface area (Å²) in [5.41, 5.74) is 4.39. The van der Waals surface area contributed by atoms with Crippen molar-refractivity contribution < 1.29 is 19.4 Å². The van der Waals surface area contributed by atoms with Gasteiger partial charge in [-0.1, -0.05) is 70.2 Å². The van der Waals surface area contributed by atoms with Gasteiger partial charge in [-0.05, 0) is 52.8 Å². The maximum atomic E-state index is 13.8. The van der Waals surface area contributed by atoms with Crippen LogP contribution in [0.2, 0.25) is 0 Å². The van der Waals surface area contributed by atoms with Crippen LogP contribution in [0.25, 0.3) is 12.3 Å². The molecule has 0 spiro atoms. The van der Waals surface area contributed by atoms with Gasteiger partial charge in [0, 0.05) is 16.5 Å². The second-order valence-corrected chi connectivity index (χ2v) is 9.25. The van der Waals surface area contributed by atoms with Crippen LogP contribution in [0.1, 0.15) is 82.5 Å². The Morgan fingerprint density at radius 3 is 2.12 bits per heavy atom. The van der Waals surface area contributed by atoms with E-state index in [-0.39, 0.29) is 29.1 Å². The molecule has 34 heavy (non-hydrogen) atoms. The zero-order chi connectivity index (χ0) is 24.6. The number of carboxylic acids is 1. The first kappa shape index (κ1) is 23.3. The molecule has 5 nitrogen and oxygen atoms in total. The van der Waals surface area contributed by atoms with E-state index in [1.165, 1.54) is 12.3 Å². The molecule has 1 heterocycles. The highest BCUT2D eigenvalue weighted by Crippen LogP contribution is 2.36. The number of carbonyl (C=O) groups is 2. The number of carboxylic acid groups (broad SMARTS) is 1. The summed E-state index contributed by atoms with van der Waals surface area (Å²) in [6.45, 7) is 10.2. The number of hydrogen-bond donors (Lipinski definition) is 2. The number of ether oxygens (including phenoxy) is 1. The van der Waals surface area contributed by atoms with Crippen LogP contribution in [-0.2, 0) is 0 Å². The van der Waals surface area contributed by atoms with Gasteiger partial charge in [0.25, 0.3) is 5.91 Å². The highest BCUT2D eigenvalue weighted by Gasteiger charge is 2.26. The molecule has 0 atom stereocenters. The molecule has 1 amide bonds. The Hall–Kier alpha value is -3.86. The molecule has 174 valence electrons. The Balaban J connectivity index is 1.94. The zero-order valence-electron chi connectivity index (χ0n) is 20.1. The third kappa shape index (κ3) is 4.21. The number of nitrogens with one attached hydrogen (secondary N) is 1. The minimum Gasteiger partial charge on any atom is -0.478 e. The number of aromatic carboxylic acids is 1. The van der Waals surface area contributed by atoms with E-state index in [1.807, 2.05) is 48.5 Å². The molecule has 1 aliphatic rings. The minimum absolute atomic E-state index is 0.0230. The molecule has 3 aromatic carbocycles. The Morgan fingerprint density at radius 2 is 1.53 bits per heavy atom. The maximum Gasteiger partial charge on any atom is 0.339 e. The lowest BCUT2D eigenvalue weighted by Gasteiger charge is -2.22. The zero-order valence-corrected chi connectivity index (χ0v) is 20.1. The lowest BCUT2D eigenvalue weighted by molar-refractivity contribution is 0.0693. The number of aryl methyl sites for hydroxylation is 1. The van der Waals surface area contributed by atoms with Crippen LogP contribution < -0.4 is 20.5 Å². The molecule has 5 heteroatoms. The number of amides is 1.